The molecule has 0 radical (unpaired) electrons. The fourth-order valence-corrected chi connectivity index (χ4v) is 2.46. The van der Waals surface area contributed by atoms with Gasteiger partial charge in [-0.25, -0.2) is 4.98 Å². The van der Waals surface area contributed by atoms with E-state index in [0.717, 1.165) is 30.0 Å². The third-order valence-electron chi connectivity index (χ3n) is 2.40. The number of nitrogens with one attached hydrogen (secondary N) is 1. The Hall–Kier alpha value is -0.930. The lowest BCUT2D eigenvalue weighted by atomic mass is 10.1. The predicted molar refractivity (Wildman–Crippen MR) is 66.6 cm³/mol. The molecule has 0 unspecified atom stereocenters. The molecule has 1 heterocycles. The minimum absolute atomic E-state index is 1.04. The minimum Gasteiger partial charge on any atom is -0.317 e. The van der Waals surface area contributed by atoms with E-state index in [0.29, 0.717) is 0 Å². The molecule has 1 aromatic heterocycles. The highest BCUT2D eigenvalue weighted by molar-refractivity contribution is 7.18. The minimum atomic E-state index is 1.04. The van der Waals surface area contributed by atoms with E-state index in [1.165, 1.54) is 10.3 Å². The van der Waals surface area contributed by atoms with E-state index >= 15 is 0 Å². The van der Waals surface area contributed by atoms with Crippen LogP contribution < -0.4 is 5.32 Å². The van der Waals surface area contributed by atoms with Crippen molar-refractivity contribution in [1.82, 2.24) is 10.3 Å². The first kappa shape index (κ1) is 10.6. The van der Waals surface area contributed by atoms with Gasteiger partial charge in [-0.2, -0.15) is 0 Å². The summed E-state index contributed by atoms with van der Waals surface area (Å²) in [6.07, 6.45) is 1.08. The third-order valence-corrected chi connectivity index (χ3v) is 3.35. The highest BCUT2D eigenvalue weighted by Gasteiger charge is 2.01. The van der Waals surface area contributed by atoms with Gasteiger partial charge in [0.15, 0.2) is 0 Å². The quantitative estimate of drug-likeness (QED) is 0.801. The van der Waals surface area contributed by atoms with E-state index in [1.807, 2.05) is 0 Å². The highest BCUT2D eigenvalue weighted by Crippen LogP contribution is 2.22. The number of fused-ring (bicyclic) bond motifs is 1. The fraction of sp³-hybridized carbons (Fsp3) is 0.417. The van der Waals surface area contributed by atoms with Crippen LogP contribution in [0.5, 0.6) is 0 Å². The van der Waals surface area contributed by atoms with Gasteiger partial charge in [0.25, 0.3) is 0 Å². The van der Waals surface area contributed by atoms with Crippen LogP contribution in [-0.4, -0.2) is 18.1 Å². The summed E-state index contributed by atoms with van der Waals surface area (Å²) in [4.78, 5) is 4.50. The molecule has 0 aliphatic carbocycles. The van der Waals surface area contributed by atoms with Gasteiger partial charge < -0.3 is 5.32 Å². The normalized spacial score (nSPS) is 11.1. The van der Waals surface area contributed by atoms with Crippen molar-refractivity contribution in [3.05, 3.63) is 28.8 Å². The van der Waals surface area contributed by atoms with Gasteiger partial charge in [-0.3, -0.25) is 0 Å². The maximum atomic E-state index is 4.50. The molecule has 2 rings (SSSR count). The van der Waals surface area contributed by atoms with Gasteiger partial charge in [0.05, 0.1) is 15.2 Å². The fourth-order valence-electron chi connectivity index (χ4n) is 1.65. The molecule has 0 aliphatic heterocycles. The van der Waals surface area contributed by atoms with E-state index in [9.17, 15) is 0 Å². The number of benzene rings is 1. The summed E-state index contributed by atoms with van der Waals surface area (Å²) in [5.41, 5.74) is 2.51. The molecule has 0 saturated heterocycles. The highest BCUT2D eigenvalue weighted by atomic mass is 32.1. The van der Waals surface area contributed by atoms with Crippen LogP contribution in [0.3, 0.4) is 0 Å². The number of hydrogen-bond acceptors (Lipinski definition) is 3. The van der Waals surface area contributed by atoms with E-state index in [2.05, 4.69) is 42.3 Å². The number of aryl methyl sites for hydroxylation is 1. The van der Waals surface area contributed by atoms with Gasteiger partial charge >= 0.3 is 0 Å². The van der Waals surface area contributed by atoms with Gasteiger partial charge in [0.1, 0.15) is 0 Å². The van der Waals surface area contributed by atoms with Crippen molar-refractivity contribution in [2.45, 2.75) is 20.3 Å². The van der Waals surface area contributed by atoms with Crippen LogP contribution in [0.1, 0.15) is 17.5 Å². The van der Waals surface area contributed by atoms with Crippen LogP contribution in [0.25, 0.3) is 10.2 Å². The first-order valence-electron chi connectivity index (χ1n) is 5.36. The molecule has 1 aromatic carbocycles. The lowest BCUT2D eigenvalue weighted by Crippen LogP contribution is -2.15. The lowest BCUT2D eigenvalue weighted by Gasteiger charge is -2.01. The van der Waals surface area contributed by atoms with E-state index < -0.39 is 0 Å². The van der Waals surface area contributed by atoms with Crippen molar-refractivity contribution in [2.24, 2.45) is 0 Å². The molecular weight excluding hydrogens is 204 g/mol. The monoisotopic (exact) mass is 220 g/mol. The molecule has 0 fully saturated rings. The Morgan fingerprint density at radius 3 is 3.07 bits per heavy atom. The Morgan fingerprint density at radius 2 is 2.27 bits per heavy atom. The Kier molecular flexibility index (Phi) is 3.34. The molecule has 80 valence electrons. The van der Waals surface area contributed by atoms with Gasteiger partial charge in [-0.1, -0.05) is 13.0 Å². The topological polar surface area (TPSA) is 24.9 Å². The van der Waals surface area contributed by atoms with Gasteiger partial charge in [0.2, 0.25) is 0 Å². The van der Waals surface area contributed by atoms with Crippen LogP contribution in [0, 0.1) is 6.92 Å². The molecule has 0 bridgehead atoms. The first-order chi connectivity index (χ1) is 7.29. The van der Waals surface area contributed by atoms with E-state index in [-0.39, 0.29) is 0 Å². The zero-order chi connectivity index (χ0) is 10.7. The molecule has 0 amide bonds. The maximum absolute atomic E-state index is 4.50. The number of rotatable bonds is 4. The second-order valence-electron chi connectivity index (χ2n) is 3.64. The zero-order valence-corrected chi connectivity index (χ0v) is 10.0. The molecule has 2 aromatic rings. The standard InChI is InChI=1S/C12H16N2S/c1-3-13-7-6-10-4-5-12-11(8-10)14-9(2)15-12/h4-5,8,13H,3,6-7H2,1-2H3. The Balaban J connectivity index is 2.15. The third kappa shape index (κ3) is 2.55. The Morgan fingerprint density at radius 1 is 1.40 bits per heavy atom. The number of aromatic nitrogens is 1. The van der Waals surface area contributed by atoms with Crippen molar-refractivity contribution >= 4 is 21.6 Å². The Labute approximate surface area is 94.3 Å². The summed E-state index contributed by atoms with van der Waals surface area (Å²) in [5.74, 6) is 0. The largest absolute Gasteiger partial charge is 0.317 e. The van der Waals surface area contributed by atoms with Gasteiger partial charge in [-0.15, -0.1) is 11.3 Å². The summed E-state index contributed by atoms with van der Waals surface area (Å²) in [5, 5.41) is 4.48. The van der Waals surface area contributed by atoms with Gasteiger partial charge in [0, 0.05) is 0 Å². The molecule has 1 N–H and O–H groups in total. The van der Waals surface area contributed by atoms with E-state index in [4.69, 9.17) is 0 Å². The molecule has 0 aliphatic rings. The van der Waals surface area contributed by atoms with Gasteiger partial charge in [-0.05, 0) is 44.1 Å². The van der Waals surface area contributed by atoms with Crippen molar-refractivity contribution in [2.75, 3.05) is 13.1 Å². The summed E-state index contributed by atoms with van der Waals surface area (Å²) in [6.45, 7) is 6.28. The van der Waals surface area contributed by atoms with Crippen LogP contribution in [0.15, 0.2) is 18.2 Å². The molecule has 0 atom stereocenters. The summed E-state index contributed by atoms with van der Waals surface area (Å²) < 4.78 is 1.29. The second-order valence-corrected chi connectivity index (χ2v) is 4.87. The molecule has 2 nitrogen and oxygen atoms in total. The summed E-state index contributed by atoms with van der Waals surface area (Å²) >= 11 is 1.76. The number of nitrogens with zero attached hydrogens (tertiary/aromatic N) is 1. The zero-order valence-electron chi connectivity index (χ0n) is 9.21. The van der Waals surface area contributed by atoms with Crippen molar-refractivity contribution < 1.29 is 0 Å². The van der Waals surface area contributed by atoms with Crippen molar-refractivity contribution in [3.8, 4) is 0 Å². The molecule has 15 heavy (non-hydrogen) atoms. The lowest BCUT2D eigenvalue weighted by molar-refractivity contribution is 0.717. The number of likely N-dealkylation sites (N-methyl/N-ethyl adjacent to an activating group) is 1. The summed E-state index contributed by atoms with van der Waals surface area (Å²) in [6, 6.07) is 6.59. The molecule has 0 saturated carbocycles. The van der Waals surface area contributed by atoms with Crippen molar-refractivity contribution in [3.63, 3.8) is 0 Å². The Bertz CT molecular complexity index is 448. The van der Waals surface area contributed by atoms with Crippen LogP contribution >= 0.6 is 11.3 Å². The second kappa shape index (κ2) is 4.73. The maximum Gasteiger partial charge on any atom is 0.0907 e. The van der Waals surface area contributed by atoms with Crippen molar-refractivity contribution in [1.29, 1.82) is 0 Å². The SMILES string of the molecule is CCNCCc1ccc2sc(C)nc2c1. The number of hydrogen-bond donors (Lipinski definition) is 1. The molecular formula is C12H16N2S. The number of thiazole rings is 1. The molecule has 3 heteroatoms. The average Bonchev–Trinajstić information content (AvgIpc) is 2.57. The van der Waals surface area contributed by atoms with E-state index in [1.54, 1.807) is 11.3 Å². The predicted octanol–water partition coefficient (Wildman–Crippen LogP) is 2.76. The first-order valence-corrected chi connectivity index (χ1v) is 6.18. The van der Waals surface area contributed by atoms with Crippen LogP contribution in [0.2, 0.25) is 0 Å². The average molecular weight is 220 g/mol. The van der Waals surface area contributed by atoms with Crippen LogP contribution in [-0.2, 0) is 6.42 Å². The smallest absolute Gasteiger partial charge is 0.0907 e. The van der Waals surface area contributed by atoms with Crippen LogP contribution in [0.4, 0.5) is 0 Å². The summed E-state index contributed by atoms with van der Waals surface area (Å²) in [7, 11) is 0. The molecule has 0 spiro atoms.